The number of nitrogens with zero attached hydrogens (tertiary/aromatic N) is 3. The molecule has 8 heteroatoms. The van der Waals surface area contributed by atoms with Crippen LogP contribution in [0.3, 0.4) is 0 Å². The van der Waals surface area contributed by atoms with Gasteiger partial charge in [-0.15, -0.1) is 0 Å². The molecule has 180 valence electrons. The smallest absolute Gasteiger partial charge is 0.222 e. The van der Waals surface area contributed by atoms with E-state index in [2.05, 4.69) is 58.5 Å². The zero-order chi connectivity index (χ0) is 24.1. The first-order valence-electron chi connectivity index (χ1n) is 11.8. The maximum absolute atomic E-state index is 12.7. The van der Waals surface area contributed by atoms with Crippen molar-refractivity contribution in [3.8, 4) is 11.4 Å². The summed E-state index contributed by atoms with van der Waals surface area (Å²) in [6.45, 7) is 9.94. The molecule has 0 radical (unpaired) electrons. The predicted molar refractivity (Wildman–Crippen MR) is 136 cm³/mol. The van der Waals surface area contributed by atoms with Gasteiger partial charge in [-0.1, -0.05) is 48.0 Å². The summed E-state index contributed by atoms with van der Waals surface area (Å²) < 4.78 is 8.26. The van der Waals surface area contributed by atoms with Crippen molar-refractivity contribution >= 4 is 18.1 Å². The molecule has 7 nitrogen and oxygen atoms in total. The Hall–Kier alpha value is -2.81. The number of benzene rings is 2. The molecule has 1 aliphatic heterocycles. The van der Waals surface area contributed by atoms with E-state index < -0.39 is 0 Å². The van der Waals surface area contributed by atoms with Gasteiger partial charge in [-0.25, -0.2) is 0 Å². The number of nitrogens with one attached hydrogen (secondary N) is 2. The average Bonchev–Trinajstić information content (AvgIpc) is 3.16. The van der Waals surface area contributed by atoms with E-state index >= 15 is 0 Å². The van der Waals surface area contributed by atoms with E-state index in [9.17, 15) is 4.79 Å². The van der Waals surface area contributed by atoms with E-state index in [0.29, 0.717) is 24.3 Å². The zero-order valence-electron chi connectivity index (χ0n) is 20.1. The normalized spacial score (nSPS) is 18.7. The van der Waals surface area contributed by atoms with E-state index in [4.69, 9.17) is 17.0 Å². The van der Waals surface area contributed by atoms with E-state index in [1.165, 1.54) is 5.56 Å². The predicted octanol–water partition coefficient (Wildman–Crippen LogP) is 4.23. The topological polar surface area (TPSA) is 75.2 Å². The van der Waals surface area contributed by atoms with Gasteiger partial charge in [-0.05, 0) is 50.2 Å². The molecule has 3 aromatic rings. The summed E-state index contributed by atoms with van der Waals surface area (Å²) in [7, 11) is 0. The van der Waals surface area contributed by atoms with Gasteiger partial charge in [0.25, 0.3) is 0 Å². The van der Waals surface area contributed by atoms with Gasteiger partial charge in [0.2, 0.25) is 5.91 Å². The second-order valence-electron chi connectivity index (χ2n) is 9.12. The van der Waals surface area contributed by atoms with Crippen LogP contribution in [0.2, 0.25) is 0 Å². The number of aromatic nitrogens is 3. The lowest BCUT2D eigenvalue weighted by Gasteiger charge is -2.35. The molecule has 0 spiro atoms. The monoisotopic (exact) mass is 479 g/mol. The first-order chi connectivity index (χ1) is 16.4. The van der Waals surface area contributed by atoms with Crippen LogP contribution < -0.4 is 5.32 Å². The van der Waals surface area contributed by atoms with Crippen LogP contribution in [0.4, 0.5) is 0 Å². The van der Waals surface area contributed by atoms with Gasteiger partial charge in [0, 0.05) is 44.7 Å². The van der Waals surface area contributed by atoms with Crippen LogP contribution >= 0.6 is 12.2 Å². The second-order valence-corrected chi connectivity index (χ2v) is 9.51. The highest BCUT2D eigenvalue weighted by Crippen LogP contribution is 2.19. The van der Waals surface area contributed by atoms with Crippen molar-refractivity contribution in [3.05, 3.63) is 70.0 Å². The summed E-state index contributed by atoms with van der Waals surface area (Å²) >= 11 is 5.41. The highest BCUT2D eigenvalue weighted by Gasteiger charge is 2.22. The van der Waals surface area contributed by atoms with Crippen LogP contribution in [-0.2, 0) is 29.2 Å². The highest BCUT2D eigenvalue weighted by molar-refractivity contribution is 7.71. The minimum atomic E-state index is -0.0123. The second kappa shape index (κ2) is 11.1. The number of hydrogen-bond donors (Lipinski definition) is 2. The number of aromatic amines is 1. The van der Waals surface area contributed by atoms with Crippen molar-refractivity contribution < 1.29 is 9.53 Å². The molecule has 1 fully saturated rings. The maximum atomic E-state index is 12.7. The third kappa shape index (κ3) is 6.20. The summed E-state index contributed by atoms with van der Waals surface area (Å²) in [5.41, 5.74) is 4.51. The maximum Gasteiger partial charge on any atom is 0.222 e. The van der Waals surface area contributed by atoms with Gasteiger partial charge in [-0.3, -0.25) is 19.4 Å². The molecule has 2 heterocycles. The fourth-order valence-electron chi connectivity index (χ4n) is 4.56. The fourth-order valence-corrected chi connectivity index (χ4v) is 4.79. The van der Waals surface area contributed by atoms with Crippen LogP contribution in [0.25, 0.3) is 11.4 Å². The van der Waals surface area contributed by atoms with Crippen LogP contribution in [0.5, 0.6) is 0 Å². The Kier molecular flexibility index (Phi) is 7.92. The number of hydrogen-bond acceptors (Lipinski definition) is 5. The third-order valence-electron chi connectivity index (χ3n) is 6.08. The summed E-state index contributed by atoms with van der Waals surface area (Å²) in [5.74, 6) is 0.738. The van der Waals surface area contributed by atoms with Crippen molar-refractivity contribution in [3.63, 3.8) is 0 Å². The number of rotatable bonds is 8. The molecular weight excluding hydrogens is 446 g/mol. The van der Waals surface area contributed by atoms with Crippen molar-refractivity contribution in [2.24, 2.45) is 0 Å². The van der Waals surface area contributed by atoms with Crippen molar-refractivity contribution in [1.82, 2.24) is 25.0 Å². The van der Waals surface area contributed by atoms with Crippen molar-refractivity contribution in [2.45, 2.75) is 59.0 Å². The van der Waals surface area contributed by atoms with Gasteiger partial charge in [0.05, 0.1) is 12.2 Å². The quantitative estimate of drug-likeness (QED) is 0.473. The van der Waals surface area contributed by atoms with E-state index in [0.717, 1.165) is 42.1 Å². The van der Waals surface area contributed by atoms with E-state index in [-0.39, 0.29) is 18.1 Å². The Morgan fingerprint density at radius 3 is 2.62 bits per heavy atom. The molecular formula is C26H33N5O2S. The van der Waals surface area contributed by atoms with Gasteiger partial charge in [0.15, 0.2) is 10.6 Å². The zero-order valence-corrected chi connectivity index (χ0v) is 20.9. The standard InChI is InChI=1S/C26H33N5O2S/c1-18-7-6-10-21(13-18)25-28-29-26(34)31(25)12-11-24(32)27-14-22-8-4-5-9-23(22)17-30-15-19(2)33-20(3)16-30/h4-10,13,19-20H,11-12,14-17H2,1-3H3,(H,27,32)(H,29,34). The Morgan fingerprint density at radius 2 is 1.88 bits per heavy atom. The number of aryl methyl sites for hydroxylation is 1. The Labute approximate surface area is 206 Å². The number of carbonyl (C=O) groups is 1. The minimum absolute atomic E-state index is 0.0123. The van der Waals surface area contributed by atoms with Crippen LogP contribution in [0.15, 0.2) is 48.5 Å². The molecule has 2 atom stereocenters. The first kappa shape index (κ1) is 24.3. The first-order valence-corrected chi connectivity index (χ1v) is 12.2. The number of morpholine rings is 1. The molecule has 34 heavy (non-hydrogen) atoms. The number of ether oxygens (including phenoxy) is 1. The molecule has 1 aliphatic rings. The van der Waals surface area contributed by atoms with E-state index in [1.807, 2.05) is 35.8 Å². The largest absolute Gasteiger partial charge is 0.373 e. The molecule has 0 bridgehead atoms. The van der Waals surface area contributed by atoms with Crippen molar-refractivity contribution in [1.29, 1.82) is 0 Å². The van der Waals surface area contributed by atoms with Gasteiger partial charge in [0.1, 0.15) is 0 Å². The lowest BCUT2D eigenvalue weighted by atomic mass is 10.1. The van der Waals surface area contributed by atoms with Crippen LogP contribution in [-0.4, -0.2) is 50.9 Å². The van der Waals surface area contributed by atoms with Crippen LogP contribution in [0.1, 0.15) is 37.0 Å². The van der Waals surface area contributed by atoms with Gasteiger partial charge in [-0.2, -0.15) is 5.10 Å². The van der Waals surface area contributed by atoms with Crippen LogP contribution in [0, 0.1) is 11.7 Å². The molecule has 4 rings (SSSR count). The SMILES string of the molecule is Cc1cccc(-c2n[nH]c(=S)n2CCC(=O)NCc2ccccc2CN2CC(C)OC(C)C2)c1. The molecule has 2 aromatic carbocycles. The summed E-state index contributed by atoms with van der Waals surface area (Å²) in [6.07, 6.45) is 0.790. The Morgan fingerprint density at radius 1 is 1.15 bits per heavy atom. The lowest BCUT2D eigenvalue weighted by Crippen LogP contribution is -2.45. The summed E-state index contributed by atoms with van der Waals surface area (Å²) in [6, 6.07) is 16.4. The van der Waals surface area contributed by atoms with Gasteiger partial charge < -0.3 is 10.1 Å². The number of carbonyl (C=O) groups excluding carboxylic acids is 1. The molecule has 1 aromatic heterocycles. The molecule has 1 saturated heterocycles. The lowest BCUT2D eigenvalue weighted by molar-refractivity contribution is -0.121. The average molecular weight is 480 g/mol. The van der Waals surface area contributed by atoms with Crippen molar-refractivity contribution in [2.75, 3.05) is 13.1 Å². The third-order valence-corrected chi connectivity index (χ3v) is 6.39. The number of H-pyrrole nitrogens is 1. The summed E-state index contributed by atoms with van der Waals surface area (Å²) in [4.78, 5) is 15.1. The van der Waals surface area contributed by atoms with E-state index in [1.54, 1.807) is 0 Å². The van der Waals surface area contributed by atoms with Gasteiger partial charge >= 0.3 is 0 Å². The molecule has 1 amide bonds. The number of amides is 1. The highest BCUT2D eigenvalue weighted by atomic mass is 32.1. The molecule has 0 aliphatic carbocycles. The Bertz CT molecular complexity index is 1180. The molecule has 2 N–H and O–H groups in total. The summed E-state index contributed by atoms with van der Waals surface area (Å²) in [5, 5.41) is 10.3. The Balaban J connectivity index is 1.35. The molecule has 0 saturated carbocycles. The fraction of sp³-hybridized carbons (Fsp3) is 0.423. The molecule has 2 unspecified atom stereocenters. The minimum Gasteiger partial charge on any atom is -0.373 e.